The number of hydrogen-bond acceptors (Lipinski definition) is 13. The van der Waals surface area contributed by atoms with Crippen LogP contribution in [0.1, 0.15) is 71.1 Å². The predicted molar refractivity (Wildman–Crippen MR) is 175 cm³/mol. The molecule has 0 spiro atoms. The molecule has 2 N–H and O–H groups in total. The molecule has 0 unspecified atom stereocenters. The molecule has 270 valence electrons. The number of carbonyl (C=O) groups excluding carboxylic acids is 1. The largest absolute Gasteiger partial charge is 0.463 e. The molecule has 0 aliphatic rings. The first kappa shape index (κ1) is 44.3. The fourth-order valence-corrected chi connectivity index (χ4v) is 3.90. The van der Waals surface area contributed by atoms with E-state index in [4.69, 9.17) is 33.2 Å². The number of ether oxygens (including phenoxy) is 7. The highest BCUT2D eigenvalue weighted by Gasteiger charge is 2.08. The van der Waals surface area contributed by atoms with Crippen molar-refractivity contribution in [3.63, 3.8) is 0 Å². The van der Waals surface area contributed by atoms with Gasteiger partial charge in [0.05, 0.1) is 85.9 Å². The van der Waals surface area contributed by atoms with Gasteiger partial charge in [0.1, 0.15) is 6.61 Å². The van der Waals surface area contributed by atoms with Crippen LogP contribution in [-0.4, -0.2) is 107 Å². The van der Waals surface area contributed by atoms with E-state index in [1.54, 1.807) is 0 Å². The molecule has 0 heterocycles. The highest BCUT2D eigenvalue weighted by molar-refractivity contribution is 7.81. The van der Waals surface area contributed by atoms with Gasteiger partial charge in [-0.15, -0.1) is 0 Å². The minimum Gasteiger partial charge on any atom is -0.463 e. The van der Waals surface area contributed by atoms with Gasteiger partial charge in [-0.25, -0.2) is 4.18 Å². The van der Waals surface area contributed by atoms with Crippen LogP contribution >= 0.6 is 0 Å². The van der Waals surface area contributed by atoms with Crippen molar-refractivity contribution in [1.29, 1.82) is 0 Å². The second-order valence-corrected chi connectivity index (χ2v) is 11.2. The van der Waals surface area contributed by atoms with Crippen LogP contribution in [0.15, 0.2) is 36.5 Å². The minimum atomic E-state index is -4.14. The summed E-state index contributed by atoms with van der Waals surface area (Å²) < 4.78 is 66.9. The molecule has 0 saturated carbocycles. The lowest BCUT2D eigenvalue weighted by Crippen LogP contribution is -2.18. The molecule has 0 atom stereocenters. The van der Waals surface area contributed by atoms with Gasteiger partial charge in [-0.2, -0.15) is 18.6 Å². The first-order valence-electron chi connectivity index (χ1n) is 16.4. The van der Waals surface area contributed by atoms with Crippen LogP contribution < -0.4 is 5.90 Å². The fourth-order valence-electron chi connectivity index (χ4n) is 3.57. The van der Waals surface area contributed by atoms with Crippen molar-refractivity contribution in [1.82, 2.24) is 0 Å². The number of allylic oxidation sites excluding steroid dienone is 6. The number of carbonyl (C=O) groups is 1. The van der Waals surface area contributed by atoms with Gasteiger partial charge in [0.2, 0.25) is 0 Å². The first-order valence-corrected chi connectivity index (χ1v) is 17.7. The molecule has 0 aromatic rings. The van der Waals surface area contributed by atoms with E-state index in [9.17, 15) is 13.2 Å². The van der Waals surface area contributed by atoms with Crippen molar-refractivity contribution in [2.45, 2.75) is 71.1 Å². The molecule has 0 aliphatic heterocycles. The van der Waals surface area contributed by atoms with E-state index < -0.39 is 10.4 Å². The Morgan fingerprint density at radius 3 is 1.43 bits per heavy atom. The van der Waals surface area contributed by atoms with E-state index in [1.807, 2.05) is 0 Å². The maximum Gasteiger partial charge on any atom is 0.415 e. The van der Waals surface area contributed by atoms with Crippen LogP contribution in [0.25, 0.3) is 0 Å². The third-order valence-electron chi connectivity index (χ3n) is 6.01. The Kier molecular flexibility index (Phi) is 34.8. The number of unbranched alkanes of at least 4 members (excludes halogenated alkanes) is 7. The summed E-state index contributed by atoms with van der Waals surface area (Å²) in [6, 6.07) is 0. The average molecular weight is 682 g/mol. The summed E-state index contributed by atoms with van der Waals surface area (Å²) in [4.78, 5) is 11.8. The molecule has 0 aliphatic carbocycles. The van der Waals surface area contributed by atoms with E-state index >= 15 is 0 Å². The first-order chi connectivity index (χ1) is 22.5. The summed E-state index contributed by atoms with van der Waals surface area (Å²) in [7, 11) is -4.14. The number of nitrogens with two attached hydrogens (primary N) is 1. The van der Waals surface area contributed by atoms with Crippen LogP contribution in [0.2, 0.25) is 0 Å². The lowest BCUT2D eigenvalue weighted by Gasteiger charge is -2.08. The van der Waals surface area contributed by atoms with Crippen molar-refractivity contribution < 1.29 is 54.8 Å². The van der Waals surface area contributed by atoms with Crippen LogP contribution in [0.4, 0.5) is 0 Å². The minimum absolute atomic E-state index is 0.0598. The highest BCUT2D eigenvalue weighted by atomic mass is 32.3. The molecule has 0 fully saturated rings. The van der Waals surface area contributed by atoms with Gasteiger partial charge in [-0.3, -0.25) is 4.79 Å². The molecule has 13 nitrogen and oxygen atoms in total. The third-order valence-corrected chi connectivity index (χ3v) is 6.70. The summed E-state index contributed by atoms with van der Waals surface area (Å²) in [5.41, 5.74) is 0. The van der Waals surface area contributed by atoms with E-state index in [2.05, 4.69) is 57.7 Å². The zero-order chi connectivity index (χ0) is 33.7. The van der Waals surface area contributed by atoms with Crippen molar-refractivity contribution >= 4 is 16.4 Å². The number of esters is 1. The molecule has 0 radical (unpaired) electrons. The fraction of sp³-hybridized carbons (Fsp3) is 0.781. The van der Waals surface area contributed by atoms with Crippen LogP contribution in [0.5, 0.6) is 0 Å². The molecule has 0 rings (SSSR count). The summed E-state index contributed by atoms with van der Waals surface area (Å²) in [6.45, 7) is 6.73. The molecule has 0 saturated heterocycles. The normalized spacial score (nSPS) is 12.3. The zero-order valence-corrected chi connectivity index (χ0v) is 28.6. The summed E-state index contributed by atoms with van der Waals surface area (Å²) in [5, 5.41) is 0. The van der Waals surface area contributed by atoms with E-state index in [0.29, 0.717) is 72.5 Å². The topological polar surface area (TPSA) is 160 Å². The SMILES string of the molecule is CCCC/C=C/C=C/C=C\CCCCCCCC(=O)OCCOCCOCCOCCOCCOCCOCCOS(=O)(=O)ON. The molecular weight excluding hydrogens is 622 g/mol. The Balaban J connectivity index is 3.25. The van der Waals surface area contributed by atoms with Gasteiger partial charge in [0.15, 0.2) is 0 Å². The molecule has 0 aromatic carbocycles. The van der Waals surface area contributed by atoms with Gasteiger partial charge in [-0.1, -0.05) is 75.5 Å². The van der Waals surface area contributed by atoms with Crippen molar-refractivity contribution in [3.8, 4) is 0 Å². The second kappa shape index (κ2) is 36.1. The summed E-state index contributed by atoms with van der Waals surface area (Å²) in [6.07, 6.45) is 23.4. The lowest BCUT2D eigenvalue weighted by atomic mass is 10.1. The smallest absolute Gasteiger partial charge is 0.415 e. The maximum atomic E-state index is 11.8. The van der Waals surface area contributed by atoms with Crippen molar-refractivity contribution in [2.75, 3.05) is 92.5 Å². The monoisotopic (exact) mass is 681 g/mol. The van der Waals surface area contributed by atoms with E-state index in [1.165, 1.54) is 25.7 Å². The summed E-state index contributed by atoms with van der Waals surface area (Å²) in [5.74, 6) is 4.35. The molecule has 14 heteroatoms. The van der Waals surface area contributed by atoms with Crippen LogP contribution in [0, 0.1) is 0 Å². The Morgan fingerprint density at radius 1 is 0.543 bits per heavy atom. The zero-order valence-electron chi connectivity index (χ0n) is 27.8. The standard InChI is InChI=1S/C32H59NO12S/c1-2-3-4-5-6-7-8-9-10-11-12-13-14-15-16-17-32(34)43-30-28-41-26-24-39-22-20-37-18-19-38-21-23-40-25-27-42-29-31-44-46(35,36)45-33/h5-10H,2-4,11-31,33H2,1H3/b6-5+,8-7+,10-9-. The van der Waals surface area contributed by atoms with Crippen molar-refractivity contribution in [3.05, 3.63) is 36.5 Å². The Bertz CT molecular complexity index is 852. The molecule has 0 amide bonds. The number of rotatable bonds is 36. The van der Waals surface area contributed by atoms with E-state index in [0.717, 1.165) is 32.1 Å². The van der Waals surface area contributed by atoms with Gasteiger partial charge < -0.3 is 33.2 Å². The lowest BCUT2D eigenvalue weighted by molar-refractivity contribution is -0.145. The second-order valence-electron chi connectivity index (χ2n) is 9.91. The van der Waals surface area contributed by atoms with Gasteiger partial charge in [-0.05, 0) is 25.7 Å². The predicted octanol–water partition coefficient (Wildman–Crippen LogP) is 4.37. The molecular formula is C32H59NO12S. The summed E-state index contributed by atoms with van der Waals surface area (Å²) >= 11 is 0. The Hall–Kier alpha value is -1.72. The Labute approximate surface area is 277 Å². The average Bonchev–Trinajstić information content (AvgIpc) is 3.05. The van der Waals surface area contributed by atoms with Gasteiger partial charge >= 0.3 is 16.4 Å². The molecule has 46 heavy (non-hydrogen) atoms. The van der Waals surface area contributed by atoms with Crippen molar-refractivity contribution in [2.24, 2.45) is 5.90 Å². The molecule has 0 bridgehead atoms. The van der Waals surface area contributed by atoms with E-state index in [-0.39, 0.29) is 32.4 Å². The van der Waals surface area contributed by atoms with Crippen LogP contribution in [0.3, 0.4) is 0 Å². The molecule has 0 aromatic heterocycles. The third kappa shape index (κ3) is 36.7. The Morgan fingerprint density at radius 2 is 0.957 bits per heavy atom. The quantitative estimate of drug-likeness (QED) is 0.0430. The number of hydrogen-bond donors (Lipinski definition) is 1. The van der Waals surface area contributed by atoms with Gasteiger partial charge in [0.25, 0.3) is 0 Å². The van der Waals surface area contributed by atoms with Gasteiger partial charge in [0, 0.05) is 6.42 Å². The highest BCUT2D eigenvalue weighted by Crippen LogP contribution is 2.08. The maximum absolute atomic E-state index is 11.8. The van der Waals surface area contributed by atoms with Crippen LogP contribution in [-0.2, 0) is 56.8 Å².